The molecule has 0 saturated carbocycles. The molecule has 1 aliphatic rings. The molecular weight excluding hydrogens is 293 g/mol. The van der Waals surface area contributed by atoms with Gasteiger partial charge in [-0.25, -0.2) is 4.98 Å². The lowest BCUT2D eigenvalue weighted by atomic mass is 9.99. The van der Waals surface area contributed by atoms with Gasteiger partial charge in [0.05, 0.1) is 12.5 Å². The molecule has 2 heterocycles. The third-order valence-corrected chi connectivity index (χ3v) is 4.00. The monoisotopic (exact) mass is 308 g/mol. The van der Waals surface area contributed by atoms with Gasteiger partial charge in [-0.05, 0) is 19.8 Å². The Bertz CT molecular complexity index is 476. The normalized spacial score (nSPS) is 20.0. The number of aromatic nitrogens is 1. The van der Waals surface area contributed by atoms with E-state index in [0.29, 0.717) is 31.2 Å². The Hall–Kier alpha value is -1.31. The summed E-state index contributed by atoms with van der Waals surface area (Å²) in [5.74, 6) is -0.577. The molecule has 0 N–H and O–H groups in total. The minimum Gasteiger partial charge on any atom is -0.466 e. The summed E-state index contributed by atoms with van der Waals surface area (Å²) >= 11 is 0.953. The van der Waals surface area contributed by atoms with Gasteiger partial charge >= 0.3 is 12.1 Å². The zero-order chi connectivity index (χ0) is 14.8. The minimum atomic E-state index is -4.43. The fraction of sp³-hybridized carbons (Fsp3) is 0.667. The molecule has 4 nitrogen and oxygen atoms in total. The molecule has 0 aliphatic carbocycles. The molecule has 1 unspecified atom stereocenters. The molecule has 1 saturated heterocycles. The van der Waals surface area contributed by atoms with E-state index < -0.39 is 11.9 Å². The van der Waals surface area contributed by atoms with Crippen LogP contribution in [0.2, 0.25) is 0 Å². The van der Waals surface area contributed by atoms with E-state index in [1.807, 2.05) is 0 Å². The van der Waals surface area contributed by atoms with E-state index in [9.17, 15) is 18.0 Å². The summed E-state index contributed by atoms with van der Waals surface area (Å²) in [4.78, 5) is 17.0. The maximum absolute atomic E-state index is 12.5. The van der Waals surface area contributed by atoms with Gasteiger partial charge in [0, 0.05) is 18.5 Å². The minimum absolute atomic E-state index is 0.287. The lowest BCUT2D eigenvalue weighted by Gasteiger charge is -2.31. The number of carbonyl (C=O) groups is 1. The Morgan fingerprint density at radius 3 is 2.95 bits per heavy atom. The highest BCUT2D eigenvalue weighted by Gasteiger charge is 2.35. The van der Waals surface area contributed by atoms with Crippen LogP contribution in [-0.4, -0.2) is 30.6 Å². The topological polar surface area (TPSA) is 42.4 Å². The molecule has 1 fully saturated rings. The number of thiazole rings is 1. The predicted molar refractivity (Wildman–Crippen MR) is 68.7 cm³/mol. The number of ether oxygens (including phenoxy) is 1. The average molecular weight is 308 g/mol. The van der Waals surface area contributed by atoms with Gasteiger partial charge in [0.15, 0.2) is 10.8 Å². The highest BCUT2D eigenvalue weighted by atomic mass is 32.1. The first kappa shape index (κ1) is 15.1. The number of carbonyl (C=O) groups excluding carboxylic acids is 1. The summed E-state index contributed by atoms with van der Waals surface area (Å²) in [6.07, 6.45) is -2.98. The molecule has 0 spiro atoms. The van der Waals surface area contributed by atoms with Gasteiger partial charge in [0.1, 0.15) is 0 Å². The second-order valence-corrected chi connectivity index (χ2v) is 5.39. The maximum Gasteiger partial charge on any atom is 0.434 e. The number of rotatable bonds is 3. The third-order valence-electron chi connectivity index (χ3n) is 3.09. The van der Waals surface area contributed by atoms with Crippen LogP contribution in [0, 0.1) is 5.92 Å². The van der Waals surface area contributed by atoms with Crippen LogP contribution in [0.1, 0.15) is 25.5 Å². The van der Waals surface area contributed by atoms with Gasteiger partial charge < -0.3 is 9.64 Å². The van der Waals surface area contributed by atoms with Crippen molar-refractivity contribution in [2.75, 3.05) is 24.6 Å². The standard InChI is InChI=1S/C12H15F3N2O2S/c1-2-19-10(18)8-4-3-5-17(6-8)11-16-9(7-20-11)12(13,14)15/h7-8H,2-6H2,1H3. The molecule has 8 heteroatoms. The van der Waals surface area contributed by atoms with Crippen LogP contribution < -0.4 is 4.90 Å². The number of nitrogens with zero attached hydrogens (tertiary/aromatic N) is 2. The van der Waals surface area contributed by atoms with Crippen molar-refractivity contribution in [3.05, 3.63) is 11.1 Å². The summed E-state index contributed by atoms with van der Waals surface area (Å²) in [6, 6.07) is 0. The molecule has 0 bridgehead atoms. The van der Waals surface area contributed by atoms with Crippen LogP contribution in [0.4, 0.5) is 18.3 Å². The summed E-state index contributed by atoms with van der Waals surface area (Å²) in [5, 5.41) is 1.31. The van der Waals surface area contributed by atoms with Gasteiger partial charge in [-0.3, -0.25) is 4.79 Å². The largest absolute Gasteiger partial charge is 0.466 e. The van der Waals surface area contributed by atoms with E-state index in [0.717, 1.165) is 23.1 Å². The van der Waals surface area contributed by atoms with Crippen molar-refractivity contribution in [2.24, 2.45) is 5.92 Å². The molecule has 20 heavy (non-hydrogen) atoms. The smallest absolute Gasteiger partial charge is 0.434 e. The van der Waals surface area contributed by atoms with Crippen LogP contribution in [-0.2, 0) is 15.7 Å². The van der Waals surface area contributed by atoms with Crippen molar-refractivity contribution in [2.45, 2.75) is 25.9 Å². The zero-order valence-electron chi connectivity index (χ0n) is 10.9. The molecule has 0 amide bonds. The van der Waals surface area contributed by atoms with E-state index in [4.69, 9.17) is 4.74 Å². The van der Waals surface area contributed by atoms with E-state index >= 15 is 0 Å². The molecule has 1 atom stereocenters. The quantitative estimate of drug-likeness (QED) is 0.805. The number of esters is 1. The fourth-order valence-corrected chi connectivity index (χ4v) is 3.01. The lowest BCUT2D eigenvalue weighted by Crippen LogP contribution is -2.39. The van der Waals surface area contributed by atoms with Crippen molar-refractivity contribution in [3.8, 4) is 0 Å². The highest BCUT2D eigenvalue weighted by Crippen LogP contribution is 2.34. The van der Waals surface area contributed by atoms with Crippen molar-refractivity contribution in [3.63, 3.8) is 0 Å². The molecule has 2 rings (SSSR count). The Balaban J connectivity index is 2.05. The Kier molecular flexibility index (Phi) is 4.52. The van der Waals surface area contributed by atoms with Crippen LogP contribution in [0.5, 0.6) is 0 Å². The second kappa shape index (κ2) is 5.99. The number of anilines is 1. The van der Waals surface area contributed by atoms with E-state index in [2.05, 4.69) is 4.98 Å². The van der Waals surface area contributed by atoms with Crippen LogP contribution in [0.25, 0.3) is 0 Å². The predicted octanol–water partition coefficient (Wildman–Crippen LogP) is 2.94. The lowest BCUT2D eigenvalue weighted by molar-refractivity contribution is -0.148. The van der Waals surface area contributed by atoms with Crippen LogP contribution in [0.15, 0.2) is 5.38 Å². The van der Waals surface area contributed by atoms with Crippen molar-refractivity contribution < 1.29 is 22.7 Å². The zero-order valence-corrected chi connectivity index (χ0v) is 11.8. The first-order chi connectivity index (χ1) is 9.41. The van der Waals surface area contributed by atoms with Gasteiger partial charge in [-0.2, -0.15) is 13.2 Å². The molecule has 112 valence electrons. The number of hydrogen-bond acceptors (Lipinski definition) is 5. The van der Waals surface area contributed by atoms with Crippen molar-refractivity contribution in [1.29, 1.82) is 0 Å². The molecule has 1 aromatic heterocycles. The summed E-state index contributed by atoms with van der Waals surface area (Å²) in [7, 11) is 0. The molecule has 1 aromatic rings. The van der Waals surface area contributed by atoms with E-state index in [1.54, 1.807) is 11.8 Å². The van der Waals surface area contributed by atoms with Gasteiger partial charge in [0.25, 0.3) is 0 Å². The average Bonchev–Trinajstić information content (AvgIpc) is 2.89. The van der Waals surface area contributed by atoms with Crippen LogP contribution >= 0.6 is 11.3 Å². The van der Waals surface area contributed by atoms with Gasteiger partial charge in [0.2, 0.25) is 0 Å². The molecule has 0 aromatic carbocycles. The summed E-state index contributed by atoms with van der Waals surface area (Å²) < 4.78 is 42.5. The van der Waals surface area contributed by atoms with Gasteiger partial charge in [-0.15, -0.1) is 11.3 Å². The fourth-order valence-electron chi connectivity index (χ4n) is 2.14. The number of alkyl halides is 3. The Morgan fingerprint density at radius 2 is 2.35 bits per heavy atom. The maximum atomic E-state index is 12.5. The SMILES string of the molecule is CCOC(=O)C1CCCN(c2nc(C(F)(F)F)cs2)C1. The summed E-state index contributed by atoms with van der Waals surface area (Å²) in [6.45, 7) is 3.02. The molecule has 1 aliphatic heterocycles. The first-order valence-electron chi connectivity index (χ1n) is 6.36. The van der Waals surface area contributed by atoms with Crippen molar-refractivity contribution in [1.82, 2.24) is 4.98 Å². The Morgan fingerprint density at radius 1 is 1.60 bits per heavy atom. The van der Waals surface area contributed by atoms with Crippen molar-refractivity contribution >= 4 is 22.4 Å². The van der Waals surface area contributed by atoms with E-state index in [-0.39, 0.29) is 11.9 Å². The number of piperidine rings is 1. The first-order valence-corrected chi connectivity index (χ1v) is 7.24. The summed E-state index contributed by atoms with van der Waals surface area (Å²) in [5.41, 5.74) is -0.879. The highest BCUT2D eigenvalue weighted by molar-refractivity contribution is 7.13. The molecular formula is C12H15F3N2O2S. The molecule has 0 radical (unpaired) electrons. The third kappa shape index (κ3) is 3.41. The second-order valence-electron chi connectivity index (χ2n) is 4.55. The van der Waals surface area contributed by atoms with E-state index in [1.165, 1.54) is 0 Å². The van der Waals surface area contributed by atoms with Gasteiger partial charge in [-0.1, -0.05) is 0 Å². The number of hydrogen-bond donors (Lipinski definition) is 0. The van der Waals surface area contributed by atoms with Crippen LogP contribution in [0.3, 0.4) is 0 Å². The Labute approximate surface area is 118 Å². The number of halogens is 3.